The van der Waals surface area contributed by atoms with E-state index in [0.29, 0.717) is 28.1 Å². The Balaban J connectivity index is 1.55. The minimum Gasteiger partial charge on any atom is -0.491 e. The molecule has 0 radical (unpaired) electrons. The number of anilines is 1. The van der Waals surface area contributed by atoms with Crippen LogP contribution in [0.2, 0.25) is 0 Å². The first-order valence-corrected chi connectivity index (χ1v) is 11.8. The van der Waals surface area contributed by atoms with Crippen molar-refractivity contribution in [3.05, 3.63) is 95.9 Å². The molecule has 4 aromatic rings. The van der Waals surface area contributed by atoms with Crippen molar-refractivity contribution in [2.75, 3.05) is 12.3 Å². The summed E-state index contributed by atoms with van der Waals surface area (Å²) in [6, 6.07) is 18.2. The maximum absolute atomic E-state index is 14.1. The van der Waals surface area contributed by atoms with Gasteiger partial charge in [-0.25, -0.2) is 14.4 Å². The number of carboxylic acids is 1. The van der Waals surface area contributed by atoms with E-state index in [1.807, 2.05) is 0 Å². The van der Waals surface area contributed by atoms with E-state index in [0.717, 1.165) is 0 Å². The van der Waals surface area contributed by atoms with Crippen molar-refractivity contribution in [2.24, 2.45) is 5.73 Å². The number of hydrogen-bond donors (Lipinski definition) is 3. The Labute approximate surface area is 221 Å². The second kappa shape index (κ2) is 11.5. The normalized spacial score (nSPS) is 13.1. The number of carboxylic acid groups (broad SMARTS) is 1. The summed E-state index contributed by atoms with van der Waals surface area (Å²) in [5.41, 5.74) is 13.4. The molecule has 11 heteroatoms. The fourth-order valence-corrected chi connectivity index (χ4v) is 3.96. The number of hydrogen-bond acceptors (Lipinski definition) is 6. The van der Waals surface area contributed by atoms with Crippen LogP contribution in [0.25, 0.3) is 22.4 Å². The molecule has 39 heavy (non-hydrogen) atoms. The van der Waals surface area contributed by atoms with E-state index in [-0.39, 0.29) is 23.8 Å². The third-order valence-corrected chi connectivity index (χ3v) is 5.97. The van der Waals surface area contributed by atoms with Crippen LogP contribution in [0.5, 0.6) is 5.75 Å². The molecule has 5 N–H and O–H groups in total. The lowest BCUT2D eigenvalue weighted by Crippen LogP contribution is -2.36. The van der Waals surface area contributed by atoms with Crippen LogP contribution in [0, 0.1) is 5.82 Å². The van der Waals surface area contributed by atoms with E-state index >= 15 is 0 Å². The third kappa shape index (κ3) is 7.08. The molecule has 1 heterocycles. The standard InChI is InChI=1S/C28H24F4N4O3/c29-20-3-1-2-19(12-20)16-4-6-17(7-5-16)23(28(30,31)32)13-21-14-25(36-27(34)35-21)18-8-10-22(11-9-18)39-15-24(33)26(37)38/h1-12,14,23-24H,13,15,33H2,(H,37,38)(H2,34,35,36)/t23?,24-/m0/s1. The molecule has 0 saturated carbocycles. The number of alkyl halides is 3. The molecular formula is C28H24F4N4O3. The van der Waals surface area contributed by atoms with Crippen molar-refractivity contribution in [3.63, 3.8) is 0 Å². The van der Waals surface area contributed by atoms with Gasteiger partial charge in [0.1, 0.15) is 24.2 Å². The largest absolute Gasteiger partial charge is 0.491 e. The maximum Gasteiger partial charge on any atom is 0.396 e. The fourth-order valence-electron chi connectivity index (χ4n) is 3.96. The Morgan fingerprint density at radius 2 is 1.59 bits per heavy atom. The zero-order valence-corrected chi connectivity index (χ0v) is 20.4. The number of nitrogens with two attached hydrogens (primary N) is 2. The monoisotopic (exact) mass is 540 g/mol. The highest BCUT2D eigenvalue weighted by atomic mass is 19.4. The Bertz CT molecular complexity index is 1440. The van der Waals surface area contributed by atoms with E-state index < -0.39 is 36.3 Å². The molecule has 1 unspecified atom stereocenters. The zero-order chi connectivity index (χ0) is 28.2. The van der Waals surface area contributed by atoms with Gasteiger partial charge in [-0.15, -0.1) is 0 Å². The summed E-state index contributed by atoms with van der Waals surface area (Å²) in [6.45, 7) is -0.235. The molecule has 0 amide bonds. The summed E-state index contributed by atoms with van der Waals surface area (Å²) in [6.07, 6.45) is -5.05. The molecular weight excluding hydrogens is 516 g/mol. The quantitative estimate of drug-likeness (QED) is 0.249. The van der Waals surface area contributed by atoms with Gasteiger partial charge in [-0.3, -0.25) is 4.79 Å². The summed E-state index contributed by atoms with van der Waals surface area (Å²) in [7, 11) is 0. The summed E-state index contributed by atoms with van der Waals surface area (Å²) in [5, 5.41) is 8.84. The van der Waals surface area contributed by atoms with Gasteiger partial charge >= 0.3 is 12.1 Å². The van der Waals surface area contributed by atoms with Gasteiger partial charge in [-0.05, 0) is 59.2 Å². The number of ether oxygens (including phenoxy) is 1. The van der Waals surface area contributed by atoms with Gasteiger partial charge in [0.25, 0.3) is 0 Å². The van der Waals surface area contributed by atoms with E-state index in [2.05, 4.69) is 9.97 Å². The van der Waals surface area contributed by atoms with Gasteiger partial charge < -0.3 is 21.3 Å². The number of benzene rings is 3. The number of aliphatic carboxylic acids is 1. The van der Waals surface area contributed by atoms with Gasteiger partial charge in [0.2, 0.25) is 5.95 Å². The topological polar surface area (TPSA) is 124 Å². The Hall–Kier alpha value is -4.51. The number of aromatic nitrogens is 2. The van der Waals surface area contributed by atoms with Crippen molar-refractivity contribution in [3.8, 4) is 28.1 Å². The lowest BCUT2D eigenvalue weighted by atomic mass is 9.91. The van der Waals surface area contributed by atoms with Crippen LogP contribution in [-0.2, 0) is 11.2 Å². The maximum atomic E-state index is 14.1. The van der Waals surface area contributed by atoms with Crippen LogP contribution >= 0.6 is 0 Å². The zero-order valence-electron chi connectivity index (χ0n) is 20.4. The third-order valence-electron chi connectivity index (χ3n) is 5.97. The minimum absolute atomic E-state index is 0.0301. The van der Waals surface area contributed by atoms with Crippen LogP contribution in [0.4, 0.5) is 23.5 Å². The van der Waals surface area contributed by atoms with E-state index in [1.54, 1.807) is 30.3 Å². The molecule has 0 bridgehead atoms. The van der Waals surface area contributed by atoms with Crippen LogP contribution < -0.4 is 16.2 Å². The van der Waals surface area contributed by atoms with Crippen LogP contribution in [0.3, 0.4) is 0 Å². The molecule has 0 fully saturated rings. The molecule has 202 valence electrons. The predicted octanol–water partition coefficient (Wildman–Crippen LogP) is 5.21. The second-order valence-corrected chi connectivity index (χ2v) is 8.81. The summed E-state index contributed by atoms with van der Waals surface area (Å²) in [4.78, 5) is 19.0. The number of rotatable bonds is 9. The molecule has 3 aromatic carbocycles. The molecule has 0 aliphatic rings. The molecule has 0 saturated heterocycles. The number of carbonyl (C=O) groups is 1. The van der Waals surface area contributed by atoms with Gasteiger partial charge in [-0.2, -0.15) is 13.2 Å². The SMILES string of the molecule is Nc1nc(CC(c2ccc(-c3cccc(F)c3)cc2)C(F)(F)F)cc(-c2ccc(OC[C@H](N)C(=O)O)cc2)n1. The average Bonchev–Trinajstić information content (AvgIpc) is 2.90. The molecule has 0 aliphatic carbocycles. The van der Waals surface area contributed by atoms with Crippen molar-refractivity contribution >= 4 is 11.9 Å². The first kappa shape index (κ1) is 27.5. The summed E-state index contributed by atoms with van der Waals surface area (Å²) >= 11 is 0. The van der Waals surface area contributed by atoms with Gasteiger partial charge in [0.15, 0.2) is 0 Å². The van der Waals surface area contributed by atoms with E-state index in [1.165, 1.54) is 48.5 Å². The van der Waals surface area contributed by atoms with Crippen molar-refractivity contribution in [1.29, 1.82) is 0 Å². The van der Waals surface area contributed by atoms with Gasteiger partial charge in [0, 0.05) is 17.7 Å². The first-order chi connectivity index (χ1) is 18.5. The van der Waals surface area contributed by atoms with Crippen LogP contribution in [0.1, 0.15) is 17.2 Å². The highest BCUT2D eigenvalue weighted by Crippen LogP contribution is 2.38. The van der Waals surface area contributed by atoms with Crippen molar-refractivity contribution < 1.29 is 32.2 Å². The molecule has 0 aliphatic heterocycles. The fraction of sp³-hybridized carbons (Fsp3) is 0.179. The molecule has 0 spiro atoms. The Kier molecular flexibility index (Phi) is 8.10. The number of nitrogen functional groups attached to an aromatic ring is 1. The molecule has 4 rings (SSSR count). The lowest BCUT2D eigenvalue weighted by Gasteiger charge is -2.21. The van der Waals surface area contributed by atoms with E-state index in [9.17, 15) is 22.4 Å². The Morgan fingerprint density at radius 1 is 0.923 bits per heavy atom. The predicted molar refractivity (Wildman–Crippen MR) is 137 cm³/mol. The highest BCUT2D eigenvalue weighted by molar-refractivity contribution is 5.73. The van der Waals surface area contributed by atoms with E-state index in [4.69, 9.17) is 21.3 Å². The second-order valence-electron chi connectivity index (χ2n) is 8.81. The molecule has 2 atom stereocenters. The van der Waals surface area contributed by atoms with Gasteiger partial charge in [0.05, 0.1) is 11.6 Å². The minimum atomic E-state index is -4.57. The molecule has 7 nitrogen and oxygen atoms in total. The first-order valence-electron chi connectivity index (χ1n) is 11.8. The molecule has 1 aromatic heterocycles. The lowest BCUT2D eigenvalue weighted by molar-refractivity contribution is -0.150. The van der Waals surface area contributed by atoms with Crippen molar-refractivity contribution in [1.82, 2.24) is 9.97 Å². The highest BCUT2D eigenvalue weighted by Gasteiger charge is 2.41. The Morgan fingerprint density at radius 3 is 2.21 bits per heavy atom. The summed E-state index contributed by atoms with van der Waals surface area (Å²) in [5.74, 6) is -3.33. The number of halogens is 4. The van der Waals surface area contributed by atoms with Gasteiger partial charge in [-0.1, -0.05) is 36.4 Å². The van der Waals surface area contributed by atoms with Crippen LogP contribution in [0.15, 0.2) is 78.9 Å². The summed E-state index contributed by atoms with van der Waals surface area (Å²) < 4.78 is 61.3. The van der Waals surface area contributed by atoms with Crippen molar-refractivity contribution in [2.45, 2.75) is 24.6 Å². The average molecular weight is 541 g/mol. The smallest absolute Gasteiger partial charge is 0.396 e. The van der Waals surface area contributed by atoms with Crippen LogP contribution in [-0.4, -0.2) is 39.9 Å². The number of nitrogens with zero attached hydrogens (tertiary/aromatic N) is 2.